The van der Waals surface area contributed by atoms with Crippen molar-refractivity contribution in [2.75, 3.05) is 0 Å². The van der Waals surface area contributed by atoms with Crippen molar-refractivity contribution in [3.63, 3.8) is 0 Å². The van der Waals surface area contributed by atoms with Crippen LogP contribution in [0.15, 0.2) is 30.3 Å². The largest absolute Gasteiger partial charge is 0.456 e. The standard InChI is InChI=1S/C16H21N3O2/c1-3-4-8-11-19-13(2)15(17-18-19)16(20)21-12-14-9-6-5-7-10-14/h5-7,9-10H,3-4,8,11-12H2,1-2H3. The number of esters is 1. The first-order valence-corrected chi connectivity index (χ1v) is 7.33. The molecule has 0 saturated heterocycles. The zero-order chi connectivity index (χ0) is 15.1. The van der Waals surface area contributed by atoms with Gasteiger partial charge in [0.1, 0.15) is 6.61 Å². The van der Waals surface area contributed by atoms with Crippen LogP contribution in [0.2, 0.25) is 0 Å². The van der Waals surface area contributed by atoms with Gasteiger partial charge in [0.2, 0.25) is 0 Å². The van der Waals surface area contributed by atoms with Crippen molar-refractivity contribution in [3.05, 3.63) is 47.3 Å². The van der Waals surface area contributed by atoms with E-state index in [1.54, 1.807) is 4.68 Å². The molecule has 2 rings (SSSR count). The fraction of sp³-hybridized carbons (Fsp3) is 0.438. The lowest BCUT2D eigenvalue weighted by Crippen LogP contribution is -2.09. The van der Waals surface area contributed by atoms with Crippen molar-refractivity contribution < 1.29 is 9.53 Å². The number of carbonyl (C=O) groups excluding carboxylic acids is 1. The second kappa shape index (κ2) is 7.57. The highest BCUT2D eigenvalue weighted by atomic mass is 16.5. The van der Waals surface area contributed by atoms with Gasteiger partial charge in [-0.2, -0.15) is 0 Å². The minimum absolute atomic E-state index is 0.252. The predicted octanol–water partition coefficient (Wildman–Crippen LogP) is 3.13. The van der Waals surface area contributed by atoms with Gasteiger partial charge in [0.25, 0.3) is 0 Å². The summed E-state index contributed by atoms with van der Waals surface area (Å²) >= 11 is 0. The Bertz CT molecular complexity index is 578. The van der Waals surface area contributed by atoms with Crippen molar-refractivity contribution >= 4 is 5.97 Å². The van der Waals surface area contributed by atoms with Crippen LogP contribution in [0, 0.1) is 6.92 Å². The van der Waals surface area contributed by atoms with E-state index in [9.17, 15) is 4.79 Å². The smallest absolute Gasteiger partial charge is 0.361 e. The molecule has 2 aromatic rings. The molecule has 0 aliphatic rings. The van der Waals surface area contributed by atoms with Crippen molar-refractivity contribution in [2.24, 2.45) is 0 Å². The highest BCUT2D eigenvalue weighted by Gasteiger charge is 2.17. The fourth-order valence-corrected chi connectivity index (χ4v) is 2.06. The first kappa shape index (κ1) is 15.2. The number of aryl methyl sites for hydroxylation is 1. The molecule has 112 valence electrons. The summed E-state index contributed by atoms with van der Waals surface area (Å²) < 4.78 is 7.05. The summed E-state index contributed by atoms with van der Waals surface area (Å²) in [6, 6.07) is 9.59. The average molecular weight is 287 g/mol. The zero-order valence-corrected chi connectivity index (χ0v) is 12.6. The number of carbonyl (C=O) groups is 1. The quantitative estimate of drug-likeness (QED) is 0.580. The molecule has 0 aliphatic carbocycles. The van der Waals surface area contributed by atoms with Gasteiger partial charge in [0.15, 0.2) is 5.69 Å². The molecule has 0 amide bonds. The van der Waals surface area contributed by atoms with Crippen LogP contribution >= 0.6 is 0 Å². The zero-order valence-electron chi connectivity index (χ0n) is 12.6. The molecule has 0 fully saturated rings. The topological polar surface area (TPSA) is 57.0 Å². The molecule has 1 aromatic heterocycles. The van der Waals surface area contributed by atoms with Crippen molar-refractivity contribution in [3.8, 4) is 0 Å². The summed E-state index contributed by atoms with van der Waals surface area (Å²) in [5, 5.41) is 7.97. The number of benzene rings is 1. The molecule has 0 radical (unpaired) electrons. The Morgan fingerprint density at radius 2 is 2.00 bits per heavy atom. The van der Waals surface area contributed by atoms with Crippen molar-refractivity contribution in [1.29, 1.82) is 0 Å². The van der Waals surface area contributed by atoms with E-state index < -0.39 is 5.97 Å². The third-order valence-corrected chi connectivity index (χ3v) is 3.36. The summed E-state index contributed by atoms with van der Waals surface area (Å²) in [6.07, 6.45) is 3.34. The molecule has 5 heteroatoms. The Balaban J connectivity index is 1.93. The highest BCUT2D eigenvalue weighted by molar-refractivity contribution is 5.88. The molecule has 0 bridgehead atoms. The second-order valence-corrected chi connectivity index (χ2v) is 5.02. The first-order valence-electron chi connectivity index (χ1n) is 7.33. The minimum Gasteiger partial charge on any atom is -0.456 e. The Kier molecular flexibility index (Phi) is 5.49. The maximum atomic E-state index is 12.0. The molecule has 1 aromatic carbocycles. The number of hydrogen-bond donors (Lipinski definition) is 0. The third kappa shape index (κ3) is 4.15. The molecular formula is C16H21N3O2. The molecule has 0 atom stereocenters. The van der Waals surface area contributed by atoms with Gasteiger partial charge >= 0.3 is 5.97 Å². The highest BCUT2D eigenvalue weighted by Crippen LogP contribution is 2.09. The lowest BCUT2D eigenvalue weighted by molar-refractivity contribution is 0.0464. The number of aromatic nitrogens is 3. The van der Waals surface area contributed by atoms with E-state index in [4.69, 9.17) is 4.74 Å². The van der Waals surface area contributed by atoms with Gasteiger partial charge in [0, 0.05) is 6.54 Å². The van der Waals surface area contributed by atoms with E-state index in [0.29, 0.717) is 5.69 Å². The first-order chi connectivity index (χ1) is 10.2. The molecule has 0 N–H and O–H groups in total. The van der Waals surface area contributed by atoms with E-state index in [1.807, 2.05) is 37.3 Å². The maximum absolute atomic E-state index is 12.0. The summed E-state index contributed by atoms with van der Waals surface area (Å²) in [7, 11) is 0. The van der Waals surface area contributed by atoms with E-state index in [1.165, 1.54) is 0 Å². The van der Waals surface area contributed by atoms with Crippen LogP contribution in [0.25, 0.3) is 0 Å². The number of unbranched alkanes of at least 4 members (excludes halogenated alkanes) is 2. The molecule has 5 nitrogen and oxygen atoms in total. The van der Waals surface area contributed by atoms with Crippen molar-refractivity contribution in [2.45, 2.75) is 46.3 Å². The number of rotatable bonds is 7. The number of nitrogens with zero attached hydrogens (tertiary/aromatic N) is 3. The van der Waals surface area contributed by atoms with Crippen LogP contribution in [0.1, 0.15) is 47.9 Å². The molecule has 1 heterocycles. The van der Waals surface area contributed by atoms with E-state index in [0.717, 1.165) is 37.1 Å². The van der Waals surface area contributed by atoms with Crippen LogP contribution in [-0.2, 0) is 17.9 Å². The van der Waals surface area contributed by atoms with Gasteiger partial charge in [-0.15, -0.1) is 5.10 Å². The molecular weight excluding hydrogens is 266 g/mol. The maximum Gasteiger partial charge on any atom is 0.361 e. The summed E-state index contributed by atoms with van der Waals surface area (Å²) in [5.74, 6) is -0.418. The van der Waals surface area contributed by atoms with Crippen LogP contribution in [0.4, 0.5) is 0 Å². The van der Waals surface area contributed by atoms with Gasteiger partial charge in [-0.25, -0.2) is 9.48 Å². The third-order valence-electron chi connectivity index (χ3n) is 3.36. The summed E-state index contributed by atoms with van der Waals surface area (Å²) in [4.78, 5) is 12.0. The van der Waals surface area contributed by atoms with Crippen LogP contribution in [0.5, 0.6) is 0 Å². The summed E-state index contributed by atoms with van der Waals surface area (Å²) in [5.41, 5.74) is 2.03. The summed E-state index contributed by atoms with van der Waals surface area (Å²) in [6.45, 7) is 5.05. The lowest BCUT2D eigenvalue weighted by Gasteiger charge is -2.04. The molecule has 0 spiro atoms. The molecule has 0 aliphatic heterocycles. The van der Waals surface area contributed by atoms with Crippen LogP contribution in [0.3, 0.4) is 0 Å². The number of ether oxygens (including phenoxy) is 1. The normalized spacial score (nSPS) is 10.6. The fourth-order valence-electron chi connectivity index (χ4n) is 2.06. The Labute approximate surface area is 124 Å². The second-order valence-electron chi connectivity index (χ2n) is 5.02. The predicted molar refractivity (Wildman–Crippen MR) is 79.8 cm³/mol. The van der Waals surface area contributed by atoms with E-state index >= 15 is 0 Å². The molecule has 0 unspecified atom stereocenters. The van der Waals surface area contributed by atoms with Crippen molar-refractivity contribution in [1.82, 2.24) is 15.0 Å². The molecule has 0 saturated carbocycles. The monoisotopic (exact) mass is 287 g/mol. The van der Waals surface area contributed by atoms with Gasteiger partial charge in [-0.1, -0.05) is 55.3 Å². The molecule has 21 heavy (non-hydrogen) atoms. The number of hydrogen-bond acceptors (Lipinski definition) is 4. The van der Waals surface area contributed by atoms with E-state index in [2.05, 4.69) is 17.2 Å². The Morgan fingerprint density at radius 1 is 1.24 bits per heavy atom. The van der Waals surface area contributed by atoms with Gasteiger partial charge in [-0.05, 0) is 18.9 Å². The average Bonchev–Trinajstić information content (AvgIpc) is 2.87. The lowest BCUT2D eigenvalue weighted by atomic mass is 10.2. The van der Waals surface area contributed by atoms with E-state index in [-0.39, 0.29) is 6.61 Å². The van der Waals surface area contributed by atoms with Crippen LogP contribution in [-0.4, -0.2) is 21.0 Å². The van der Waals surface area contributed by atoms with Gasteiger partial charge < -0.3 is 4.74 Å². The van der Waals surface area contributed by atoms with Gasteiger partial charge in [0.05, 0.1) is 5.69 Å². The Hall–Kier alpha value is -2.17. The van der Waals surface area contributed by atoms with Gasteiger partial charge in [-0.3, -0.25) is 0 Å². The SMILES string of the molecule is CCCCCn1nnc(C(=O)OCc2ccccc2)c1C. The van der Waals surface area contributed by atoms with Crippen LogP contribution < -0.4 is 0 Å². The Morgan fingerprint density at radius 3 is 2.71 bits per heavy atom. The minimum atomic E-state index is -0.418.